The fourth-order valence-corrected chi connectivity index (χ4v) is 4.91. The third-order valence-corrected chi connectivity index (χ3v) is 6.88. The molecule has 10 heteroatoms. The highest BCUT2D eigenvalue weighted by Gasteiger charge is 2.51. The van der Waals surface area contributed by atoms with Crippen LogP contribution < -0.4 is 4.74 Å². The van der Waals surface area contributed by atoms with Crippen molar-refractivity contribution in [2.45, 2.75) is 32.6 Å². The molecule has 2 aromatic rings. The van der Waals surface area contributed by atoms with E-state index in [0.717, 1.165) is 5.56 Å². The number of nitro groups is 1. The fraction of sp³-hybridized carbons (Fsp3) is 0.310. The number of aliphatic carboxylic acids is 2. The normalized spacial score (nSPS) is 15.1. The Morgan fingerprint density at radius 2 is 1.64 bits per heavy atom. The van der Waals surface area contributed by atoms with Crippen molar-refractivity contribution in [2.75, 3.05) is 26.9 Å². The van der Waals surface area contributed by atoms with Crippen molar-refractivity contribution < 1.29 is 34.2 Å². The molecule has 10 nitrogen and oxygen atoms in total. The molecule has 2 N–H and O–H groups in total. The molecule has 39 heavy (non-hydrogen) atoms. The first-order chi connectivity index (χ1) is 18.5. The molecule has 0 aliphatic carbocycles. The fourth-order valence-electron chi connectivity index (χ4n) is 4.91. The van der Waals surface area contributed by atoms with Gasteiger partial charge in [-0.05, 0) is 50.5 Å². The second kappa shape index (κ2) is 12.4. The van der Waals surface area contributed by atoms with Crippen molar-refractivity contribution in [2.24, 2.45) is 0 Å². The summed E-state index contributed by atoms with van der Waals surface area (Å²) in [6.45, 7) is 6.61. The number of allylic oxidation sites excluding steroid dienone is 3. The van der Waals surface area contributed by atoms with Crippen molar-refractivity contribution in [3.63, 3.8) is 0 Å². The van der Waals surface area contributed by atoms with Gasteiger partial charge in [0.1, 0.15) is 12.4 Å². The zero-order chi connectivity index (χ0) is 28.7. The van der Waals surface area contributed by atoms with Crippen LogP contribution in [0.3, 0.4) is 0 Å². The van der Waals surface area contributed by atoms with E-state index in [0.29, 0.717) is 37.0 Å². The third kappa shape index (κ3) is 6.01. The van der Waals surface area contributed by atoms with Crippen LogP contribution in [0.2, 0.25) is 0 Å². The maximum atomic E-state index is 12.7. The van der Waals surface area contributed by atoms with E-state index in [1.54, 1.807) is 45.2 Å². The molecule has 2 aromatic carbocycles. The molecule has 0 saturated carbocycles. The predicted octanol–water partition coefficient (Wildman–Crippen LogP) is 5.01. The minimum Gasteiger partial charge on any atom is -0.491 e. The molecule has 1 aliphatic heterocycles. The molecule has 0 aromatic heterocycles. The minimum atomic E-state index is -1.69. The largest absolute Gasteiger partial charge is 0.491 e. The van der Waals surface area contributed by atoms with Gasteiger partial charge in [-0.15, -0.1) is 0 Å². The van der Waals surface area contributed by atoms with Crippen LogP contribution in [0.1, 0.15) is 38.3 Å². The summed E-state index contributed by atoms with van der Waals surface area (Å²) in [6, 6.07) is 12.7. The van der Waals surface area contributed by atoms with E-state index in [2.05, 4.69) is 0 Å². The maximum absolute atomic E-state index is 12.7. The molecule has 1 heterocycles. The average molecular weight is 537 g/mol. The van der Waals surface area contributed by atoms with Gasteiger partial charge in [-0.2, -0.15) is 0 Å². The van der Waals surface area contributed by atoms with E-state index < -0.39 is 22.3 Å². The van der Waals surface area contributed by atoms with Crippen LogP contribution in [0.5, 0.6) is 5.75 Å². The van der Waals surface area contributed by atoms with Crippen LogP contribution in [0.4, 0.5) is 5.69 Å². The molecule has 0 saturated heterocycles. The highest BCUT2D eigenvalue weighted by Crippen LogP contribution is 2.50. The van der Waals surface area contributed by atoms with Crippen LogP contribution in [0.25, 0.3) is 6.08 Å². The summed E-state index contributed by atoms with van der Waals surface area (Å²) in [7, 11) is 1.60. The van der Waals surface area contributed by atoms with Gasteiger partial charge in [-0.3, -0.25) is 10.1 Å². The lowest BCUT2D eigenvalue weighted by atomic mass is 9.63. The monoisotopic (exact) mass is 536 g/mol. The van der Waals surface area contributed by atoms with Crippen molar-refractivity contribution in [1.29, 1.82) is 0 Å². The first-order valence-electron chi connectivity index (χ1n) is 12.4. The van der Waals surface area contributed by atoms with E-state index in [1.807, 2.05) is 19.1 Å². The SMILES string of the molecule is CCOCCOc1ccc(C=CCC2(c3cccc([N+](=O)[O-])c3)C(C(=O)O)=C(C)N(C)C(C)=C2C(=O)O)cc1. The topological polar surface area (TPSA) is 139 Å². The molecule has 206 valence electrons. The lowest BCUT2D eigenvalue weighted by Gasteiger charge is -2.43. The molecular weight excluding hydrogens is 504 g/mol. The molecule has 0 fully saturated rings. The summed E-state index contributed by atoms with van der Waals surface area (Å²) in [5.41, 5.74) is -0.586. The smallest absolute Gasteiger partial charge is 0.334 e. The zero-order valence-electron chi connectivity index (χ0n) is 22.3. The maximum Gasteiger partial charge on any atom is 0.334 e. The Hall–Kier alpha value is -4.44. The molecule has 0 radical (unpaired) electrons. The average Bonchev–Trinajstić information content (AvgIpc) is 2.90. The molecule has 0 spiro atoms. The second-order valence-corrected chi connectivity index (χ2v) is 9.02. The number of rotatable bonds is 12. The molecule has 3 rings (SSSR count). The summed E-state index contributed by atoms with van der Waals surface area (Å²) < 4.78 is 10.9. The van der Waals surface area contributed by atoms with Crippen molar-refractivity contribution in [3.05, 3.63) is 98.4 Å². The van der Waals surface area contributed by atoms with Gasteiger partial charge in [0.2, 0.25) is 0 Å². The Morgan fingerprint density at radius 1 is 1.03 bits per heavy atom. The molecule has 0 amide bonds. The van der Waals surface area contributed by atoms with Gasteiger partial charge in [-0.25, -0.2) is 9.59 Å². The van der Waals surface area contributed by atoms with Gasteiger partial charge in [0.15, 0.2) is 0 Å². The highest BCUT2D eigenvalue weighted by atomic mass is 16.6. The number of benzene rings is 2. The molecule has 1 aliphatic rings. The Bertz CT molecular complexity index is 1300. The number of carboxylic acid groups (broad SMARTS) is 2. The van der Waals surface area contributed by atoms with Crippen LogP contribution >= 0.6 is 0 Å². The number of hydrogen-bond acceptors (Lipinski definition) is 7. The second-order valence-electron chi connectivity index (χ2n) is 9.02. The Labute approximate surface area is 226 Å². The standard InChI is InChI=1S/C29H32N2O8/c1-5-38-16-17-39-24-13-11-21(12-14-24)8-7-15-29(22-9-6-10-23(18-22)31(36)37)25(27(32)33)19(2)30(4)20(3)26(29)28(34)35/h6-14,18H,5,15-17H2,1-4H3,(H,32,33)(H,34,35). The number of nitro benzene ring substituents is 1. The van der Waals surface area contributed by atoms with E-state index in [-0.39, 0.29) is 28.8 Å². The first kappa shape index (κ1) is 29.1. The lowest BCUT2D eigenvalue weighted by Crippen LogP contribution is -2.45. The summed E-state index contributed by atoms with van der Waals surface area (Å²) >= 11 is 0. The van der Waals surface area contributed by atoms with Crippen LogP contribution in [0, 0.1) is 10.1 Å². The van der Waals surface area contributed by atoms with E-state index >= 15 is 0 Å². The quantitative estimate of drug-likeness (QED) is 0.217. The van der Waals surface area contributed by atoms with Gasteiger partial charge in [-0.1, -0.05) is 36.4 Å². The number of carbonyl (C=O) groups is 2. The van der Waals surface area contributed by atoms with Crippen LogP contribution in [0.15, 0.2) is 77.1 Å². The van der Waals surface area contributed by atoms with Crippen molar-refractivity contribution in [3.8, 4) is 5.75 Å². The summed E-state index contributed by atoms with van der Waals surface area (Å²) in [4.78, 5) is 37.9. The van der Waals surface area contributed by atoms with Gasteiger partial charge in [0.05, 0.1) is 28.1 Å². The number of carboxylic acids is 2. The molecule has 0 bridgehead atoms. The minimum absolute atomic E-state index is 0.0629. The van der Waals surface area contributed by atoms with E-state index in [1.165, 1.54) is 29.2 Å². The third-order valence-electron chi connectivity index (χ3n) is 6.88. The molecule has 0 unspecified atom stereocenters. The number of hydrogen-bond donors (Lipinski definition) is 2. The zero-order valence-corrected chi connectivity index (χ0v) is 22.3. The van der Waals surface area contributed by atoms with Crippen LogP contribution in [-0.4, -0.2) is 58.8 Å². The van der Waals surface area contributed by atoms with Crippen molar-refractivity contribution in [1.82, 2.24) is 4.90 Å². The van der Waals surface area contributed by atoms with Gasteiger partial charge in [0.25, 0.3) is 5.69 Å². The van der Waals surface area contributed by atoms with Gasteiger partial charge in [0, 0.05) is 37.2 Å². The van der Waals surface area contributed by atoms with E-state index in [9.17, 15) is 29.9 Å². The lowest BCUT2D eigenvalue weighted by molar-refractivity contribution is -0.385. The molecule has 0 atom stereocenters. The van der Waals surface area contributed by atoms with Gasteiger partial charge < -0.3 is 24.6 Å². The van der Waals surface area contributed by atoms with Crippen molar-refractivity contribution >= 4 is 23.7 Å². The summed E-state index contributed by atoms with van der Waals surface area (Å²) in [6.07, 6.45) is 3.39. The van der Waals surface area contributed by atoms with E-state index in [4.69, 9.17) is 9.47 Å². The van der Waals surface area contributed by atoms with Crippen LogP contribution in [-0.2, 0) is 19.7 Å². The Morgan fingerprint density at radius 3 is 2.18 bits per heavy atom. The Balaban J connectivity index is 2.11. The number of non-ortho nitro benzene ring substituents is 1. The first-order valence-corrected chi connectivity index (χ1v) is 12.4. The highest BCUT2D eigenvalue weighted by molar-refractivity contribution is 6.01. The number of nitrogens with zero attached hydrogens (tertiary/aromatic N) is 2. The number of ether oxygens (including phenoxy) is 2. The van der Waals surface area contributed by atoms with Gasteiger partial charge >= 0.3 is 11.9 Å². The predicted molar refractivity (Wildman–Crippen MR) is 145 cm³/mol. The Kier molecular flexibility index (Phi) is 9.26. The molecular formula is C29H32N2O8. The summed E-state index contributed by atoms with van der Waals surface area (Å²) in [5, 5.41) is 32.3. The summed E-state index contributed by atoms with van der Waals surface area (Å²) in [5.74, 6) is -1.95.